The van der Waals surface area contributed by atoms with Crippen molar-refractivity contribution in [2.24, 2.45) is 0 Å². The molecule has 0 aliphatic carbocycles. The maximum absolute atomic E-state index is 11.9. The van der Waals surface area contributed by atoms with E-state index in [1.54, 1.807) is 0 Å². The molecule has 0 aliphatic heterocycles. The van der Waals surface area contributed by atoms with Crippen molar-refractivity contribution in [3.05, 3.63) is 29.3 Å². The maximum atomic E-state index is 11.9. The number of aliphatic hydroxyl groups excluding tert-OH is 2. The molecule has 1 aromatic rings. The molecule has 3 N–H and O–H groups in total. The zero-order chi connectivity index (χ0) is 18.2. The normalized spacial score (nSPS) is 11.1. The lowest BCUT2D eigenvalue weighted by molar-refractivity contribution is -0.246. The van der Waals surface area contributed by atoms with Crippen LogP contribution in [0.15, 0.2) is 23.1 Å². The van der Waals surface area contributed by atoms with Gasteiger partial charge in [-0.1, -0.05) is 6.07 Å². The summed E-state index contributed by atoms with van der Waals surface area (Å²) in [6.07, 6.45) is 0. The van der Waals surface area contributed by atoms with Gasteiger partial charge in [-0.25, -0.2) is 9.59 Å². The van der Waals surface area contributed by atoms with Crippen LogP contribution in [0.1, 0.15) is 20.7 Å². The lowest BCUT2D eigenvalue weighted by atomic mass is 10.1. The van der Waals surface area contributed by atoms with Crippen LogP contribution in [0.3, 0.4) is 0 Å². The summed E-state index contributed by atoms with van der Waals surface area (Å²) in [7, 11) is -4.88. The highest BCUT2D eigenvalue weighted by Crippen LogP contribution is 2.22. The van der Waals surface area contributed by atoms with Gasteiger partial charge in [0.2, 0.25) is 0 Å². The molecule has 0 radical (unpaired) electrons. The number of benzene rings is 1. The molecule has 0 saturated carbocycles. The average molecular weight is 366 g/mol. The fourth-order valence-corrected chi connectivity index (χ4v) is 2.18. The second kappa shape index (κ2) is 9.27. The highest BCUT2D eigenvalue weighted by Gasteiger charge is 2.29. The van der Waals surface area contributed by atoms with Crippen molar-refractivity contribution in [3.63, 3.8) is 0 Å². The molecule has 0 bridgehead atoms. The van der Waals surface area contributed by atoms with Crippen LogP contribution in [0.4, 0.5) is 0 Å². The first-order chi connectivity index (χ1) is 11.3. The van der Waals surface area contributed by atoms with Gasteiger partial charge >= 0.3 is 11.9 Å². The Labute approximate surface area is 135 Å². The Morgan fingerprint density at radius 1 is 0.958 bits per heavy atom. The van der Waals surface area contributed by atoms with Crippen LogP contribution in [-0.4, -0.2) is 61.5 Å². The van der Waals surface area contributed by atoms with Gasteiger partial charge in [0.25, 0.3) is 10.1 Å². The third-order valence-corrected chi connectivity index (χ3v) is 3.24. The fraction of sp³-hybridized carbons (Fsp3) is 0.333. The lowest BCUT2D eigenvalue weighted by Crippen LogP contribution is -2.19. The van der Waals surface area contributed by atoms with Gasteiger partial charge in [0.1, 0.15) is 18.1 Å². The van der Waals surface area contributed by atoms with Crippen molar-refractivity contribution in [2.75, 3.05) is 26.4 Å². The molecule has 11 nitrogen and oxygen atoms in total. The predicted molar refractivity (Wildman–Crippen MR) is 73.2 cm³/mol. The van der Waals surface area contributed by atoms with E-state index in [-0.39, 0.29) is 6.61 Å². The van der Waals surface area contributed by atoms with Gasteiger partial charge in [0.15, 0.2) is 0 Å². The van der Waals surface area contributed by atoms with Crippen LogP contribution >= 0.6 is 0 Å². The minimum atomic E-state index is -4.88. The third kappa shape index (κ3) is 5.52. The van der Waals surface area contributed by atoms with Gasteiger partial charge in [-0.15, -0.1) is 0 Å². The van der Waals surface area contributed by atoms with Gasteiger partial charge in [-0.2, -0.15) is 18.2 Å². The van der Waals surface area contributed by atoms with Crippen molar-refractivity contribution in [3.8, 4) is 0 Å². The Morgan fingerprint density at radius 3 is 2.00 bits per heavy atom. The molecule has 0 aromatic heterocycles. The highest BCUT2D eigenvalue weighted by atomic mass is 32.2. The Balaban J connectivity index is 3.23. The predicted octanol–water partition coefficient (Wildman–Crippen LogP) is -0.905. The Bertz CT molecular complexity index is 682. The van der Waals surface area contributed by atoms with E-state index in [2.05, 4.69) is 19.6 Å². The molecule has 134 valence electrons. The second-order valence-electron chi connectivity index (χ2n) is 3.99. The summed E-state index contributed by atoms with van der Waals surface area (Å²) in [5.41, 5.74) is -1.45. The van der Waals surface area contributed by atoms with Crippen LogP contribution in [0, 0.1) is 0 Å². The first kappa shape index (κ1) is 20.0. The topological polar surface area (TPSA) is 166 Å². The Morgan fingerprint density at radius 2 is 1.50 bits per heavy atom. The van der Waals surface area contributed by atoms with E-state index < -0.39 is 57.9 Å². The standard InChI is InChI=1S/C12H14O11S/c13-4-6-20-22-11(15)8-2-1-3-9(24(17,18)19)10(8)12(16)23-21-7-5-14/h1-3,13-14H,4-7H2,(H,17,18,19). The summed E-state index contributed by atoms with van der Waals surface area (Å²) in [5, 5.41) is 17.1. The zero-order valence-electron chi connectivity index (χ0n) is 12.1. The van der Waals surface area contributed by atoms with Crippen LogP contribution < -0.4 is 0 Å². The van der Waals surface area contributed by atoms with E-state index in [0.717, 1.165) is 18.2 Å². The first-order valence-electron chi connectivity index (χ1n) is 6.32. The molecule has 0 heterocycles. The molecular weight excluding hydrogens is 352 g/mol. The van der Waals surface area contributed by atoms with Crippen molar-refractivity contribution in [2.45, 2.75) is 4.90 Å². The number of rotatable bonds is 9. The number of hydrogen-bond donors (Lipinski definition) is 3. The molecule has 1 aromatic carbocycles. The summed E-state index contributed by atoms with van der Waals surface area (Å²) in [5.74, 6) is -2.70. The van der Waals surface area contributed by atoms with E-state index in [1.165, 1.54) is 0 Å². The van der Waals surface area contributed by atoms with Gasteiger partial charge in [-0.3, -0.25) is 14.3 Å². The SMILES string of the molecule is O=C(OOCCO)c1cccc(S(=O)(=O)O)c1C(=O)OOCCO. The van der Waals surface area contributed by atoms with E-state index in [4.69, 9.17) is 10.2 Å². The molecule has 0 amide bonds. The molecule has 0 saturated heterocycles. The number of carbonyl (C=O) groups excluding carboxylic acids is 2. The lowest BCUT2D eigenvalue weighted by Gasteiger charge is -2.10. The van der Waals surface area contributed by atoms with Crippen LogP contribution in [0.2, 0.25) is 0 Å². The van der Waals surface area contributed by atoms with Crippen LogP contribution in [0.25, 0.3) is 0 Å². The smallest absolute Gasteiger partial charge is 0.375 e. The summed E-state index contributed by atoms with van der Waals surface area (Å²) in [6.45, 7) is -1.71. The van der Waals surface area contributed by atoms with Crippen molar-refractivity contribution in [1.82, 2.24) is 0 Å². The summed E-state index contributed by atoms with van der Waals surface area (Å²) >= 11 is 0. The Hall–Kier alpha value is -2.09. The summed E-state index contributed by atoms with van der Waals surface area (Å²) in [6, 6.07) is 2.93. The van der Waals surface area contributed by atoms with Gasteiger partial charge < -0.3 is 10.2 Å². The van der Waals surface area contributed by atoms with Gasteiger partial charge in [0, 0.05) is 0 Å². The summed E-state index contributed by atoms with van der Waals surface area (Å²) < 4.78 is 31.9. The second-order valence-corrected chi connectivity index (χ2v) is 5.38. The third-order valence-electron chi connectivity index (χ3n) is 2.35. The van der Waals surface area contributed by atoms with E-state index in [1.807, 2.05) is 0 Å². The Kier molecular flexibility index (Phi) is 7.70. The zero-order valence-corrected chi connectivity index (χ0v) is 12.9. The molecule has 0 aliphatic rings. The minimum Gasteiger partial charge on any atom is -0.394 e. The molecular formula is C12H14O11S. The molecule has 12 heteroatoms. The summed E-state index contributed by atoms with van der Waals surface area (Å²) in [4.78, 5) is 40.1. The minimum absolute atomic E-state index is 0.358. The number of hydrogen-bond acceptors (Lipinski definition) is 10. The number of aliphatic hydroxyl groups is 2. The van der Waals surface area contributed by atoms with E-state index in [9.17, 15) is 22.6 Å². The largest absolute Gasteiger partial charge is 0.394 e. The maximum Gasteiger partial charge on any atom is 0.375 e. The van der Waals surface area contributed by atoms with Gasteiger partial charge in [0.05, 0.1) is 24.3 Å². The van der Waals surface area contributed by atoms with Crippen molar-refractivity contribution < 1.29 is 52.3 Å². The number of carbonyl (C=O) groups is 2. The van der Waals surface area contributed by atoms with Crippen molar-refractivity contribution in [1.29, 1.82) is 0 Å². The fourth-order valence-electron chi connectivity index (χ4n) is 1.48. The van der Waals surface area contributed by atoms with Crippen molar-refractivity contribution >= 4 is 22.1 Å². The molecule has 0 atom stereocenters. The molecule has 0 spiro atoms. The first-order valence-corrected chi connectivity index (χ1v) is 7.76. The molecule has 0 unspecified atom stereocenters. The van der Waals surface area contributed by atoms with E-state index in [0.29, 0.717) is 0 Å². The molecule has 1 rings (SSSR count). The monoisotopic (exact) mass is 366 g/mol. The van der Waals surface area contributed by atoms with Crippen LogP contribution in [-0.2, 0) is 29.7 Å². The molecule has 24 heavy (non-hydrogen) atoms. The van der Waals surface area contributed by atoms with E-state index >= 15 is 0 Å². The average Bonchev–Trinajstić information content (AvgIpc) is 2.53. The van der Waals surface area contributed by atoms with Gasteiger partial charge in [-0.05, 0) is 12.1 Å². The highest BCUT2D eigenvalue weighted by molar-refractivity contribution is 7.86. The quantitative estimate of drug-likeness (QED) is 0.214. The molecule has 0 fully saturated rings. The van der Waals surface area contributed by atoms with Crippen LogP contribution in [0.5, 0.6) is 0 Å².